The lowest BCUT2D eigenvalue weighted by molar-refractivity contribution is -0.384. The van der Waals surface area contributed by atoms with Gasteiger partial charge in [0.1, 0.15) is 11.4 Å². The van der Waals surface area contributed by atoms with Gasteiger partial charge in [-0.1, -0.05) is 0 Å². The molecular formula is C13H17N3O4. The van der Waals surface area contributed by atoms with Gasteiger partial charge in [0.15, 0.2) is 0 Å². The molecule has 7 heteroatoms. The molecule has 1 amide bonds. The topological polar surface area (TPSA) is 93.5 Å². The third-order valence-electron chi connectivity index (χ3n) is 3.09. The average Bonchev–Trinajstić information content (AvgIpc) is 3.27. The Morgan fingerprint density at radius 2 is 2.20 bits per heavy atom. The van der Waals surface area contributed by atoms with Gasteiger partial charge in [0.2, 0.25) is 5.91 Å². The molecule has 0 bridgehead atoms. The molecule has 0 aliphatic heterocycles. The Bertz CT molecular complexity index is 514. The van der Waals surface area contributed by atoms with E-state index in [0.29, 0.717) is 24.5 Å². The highest BCUT2D eigenvalue weighted by Crippen LogP contribution is 2.29. The van der Waals surface area contributed by atoms with Crippen molar-refractivity contribution in [3.63, 3.8) is 0 Å². The van der Waals surface area contributed by atoms with Crippen LogP contribution in [0.5, 0.6) is 5.75 Å². The largest absolute Gasteiger partial charge is 0.497 e. The van der Waals surface area contributed by atoms with Gasteiger partial charge in [-0.2, -0.15) is 0 Å². The van der Waals surface area contributed by atoms with Crippen molar-refractivity contribution in [3.8, 4) is 5.75 Å². The van der Waals surface area contributed by atoms with Crippen LogP contribution in [0.15, 0.2) is 18.2 Å². The van der Waals surface area contributed by atoms with E-state index >= 15 is 0 Å². The van der Waals surface area contributed by atoms with Gasteiger partial charge in [0.05, 0.1) is 12.0 Å². The zero-order valence-electron chi connectivity index (χ0n) is 11.2. The molecule has 20 heavy (non-hydrogen) atoms. The van der Waals surface area contributed by atoms with Gasteiger partial charge in [-0.15, -0.1) is 0 Å². The number of nitro benzene ring substituents is 1. The number of methoxy groups -OCH3 is 1. The van der Waals surface area contributed by atoms with Gasteiger partial charge in [-0.3, -0.25) is 14.9 Å². The Labute approximate surface area is 116 Å². The third kappa shape index (κ3) is 3.59. The SMILES string of the molecule is COc1ccc([N+](=O)[O-])c(NCCNC(=O)C2CC2)c1. The van der Waals surface area contributed by atoms with Crippen molar-refractivity contribution in [1.82, 2.24) is 5.32 Å². The first-order valence-corrected chi connectivity index (χ1v) is 6.46. The number of ether oxygens (including phenoxy) is 1. The molecule has 0 atom stereocenters. The van der Waals surface area contributed by atoms with Gasteiger partial charge in [-0.05, 0) is 18.9 Å². The number of nitro groups is 1. The number of rotatable bonds is 7. The van der Waals surface area contributed by atoms with Gasteiger partial charge in [0, 0.05) is 31.1 Å². The summed E-state index contributed by atoms with van der Waals surface area (Å²) < 4.78 is 5.04. The van der Waals surface area contributed by atoms with E-state index in [9.17, 15) is 14.9 Å². The molecule has 2 rings (SSSR count). The highest BCUT2D eigenvalue weighted by atomic mass is 16.6. The Morgan fingerprint density at radius 1 is 1.45 bits per heavy atom. The number of benzene rings is 1. The van der Waals surface area contributed by atoms with Crippen molar-refractivity contribution in [2.75, 3.05) is 25.5 Å². The molecule has 1 aliphatic rings. The second kappa shape index (κ2) is 6.23. The van der Waals surface area contributed by atoms with Crippen LogP contribution in [0.2, 0.25) is 0 Å². The van der Waals surface area contributed by atoms with Crippen LogP contribution in [0.3, 0.4) is 0 Å². The van der Waals surface area contributed by atoms with Crippen LogP contribution in [0.1, 0.15) is 12.8 Å². The fourth-order valence-corrected chi connectivity index (χ4v) is 1.82. The minimum Gasteiger partial charge on any atom is -0.497 e. The van der Waals surface area contributed by atoms with Crippen LogP contribution in [0.25, 0.3) is 0 Å². The van der Waals surface area contributed by atoms with Crippen LogP contribution in [0, 0.1) is 16.0 Å². The molecule has 7 nitrogen and oxygen atoms in total. The van der Waals surface area contributed by atoms with Crippen LogP contribution in [-0.4, -0.2) is 31.0 Å². The molecule has 1 aromatic carbocycles. The Balaban J connectivity index is 1.89. The van der Waals surface area contributed by atoms with E-state index in [1.807, 2.05) is 0 Å². The first-order chi connectivity index (χ1) is 9.61. The van der Waals surface area contributed by atoms with Crippen molar-refractivity contribution in [1.29, 1.82) is 0 Å². The van der Waals surface area contributed by atoms with E-state index in [1.54, 1.807) is 6.07 Å². The molecule has 108 valence electrons. The molecule has 0 heterocycles. The summed E-state index contributed by atoms with van der Waals surface area (Å²) in [7, 11) is 1.50. The number of amides is 1. The lowest BCUT2D eigenvalue weighted by atomic mass is 10.2. The predicted molar refractivity (Wildman–Crippen MR) is 73.9 cm³/mol. The van der Waals surface area contributed by atoms with Gasteiger partial charge >= 0.3 is 0 Å². The van der Waals surface area contributed by atoms with Crippen molar-refractivity contribution < 1.29 is 14.5 Å². The van der Waals surface area contributed by atoms with Crippen molar-refractivity contribution in [2.45, 2.75) is 12.8 Å². The van der Waals surface area contributed by atoms with Crippen LogP contribution in [-0.2, 0) is 4.79 Å². The van der Waals surface area contributed by atoms with Gasteiger partial charge < -0.3 is 15.4 Å². The standard InChI is InChI=1S/C13H17N3O4/c1-20-10-4-5-12(16(18)19)11(8-10)14-6-7-15-13(17)9-2-3-9/h4-5,8-9,14H,2-3,6-7H2,1H3,(H,15,17). The number of carbonyl (C=O) groups is 1. The second-order valence-corrected chi connectivity index (χ2v) is 4.63. The summed E-state index contributed by atoms with van der Waals surface area (Å²) in [6, 6.07) is 4.50. The van der Waals surface area contributed by atoms with Crippen molar-refractivity contribution in [3.05, 3.63) is 28.3 Å². The predicted octanol–water partition coefficient (Wildman–Crippen LogP) is 1.54. The van der Waals surface area contributed by atoms with Crippen LogP contribution >= 0.6 is 0 Å². The fraction of sp³-hybridized carbons (Fsp3) is 0.462. The fourth-order valence-electron chi connectivity index (χ4n) is 1.82. The first-order valence-electron chi connectivity index (χ1n) is 6.46. The molecule has 0 aromatic heterocycles. The monoisotopic (exact) mass is 279 g/mol. The van der Waals surface area contributed by atoms with E-state index in [4.69, 9.17) is 4.74 Å². The summed E-state index contributed by atoms with van der Waals surface area (Å²) in [6.45, 7) is 0.857. The molecule has 1 saturated carbocycles. The Kier molecular flexibility index (Phi) is 4.39. The lowest BCUT2D eigenvalue weighted by Gasteiger charge is -2.09. The molecule has 1 aliphatic carbocycles. The van der Waals surface area contributed by atoms with Gasteiger partial charge in [-0.25, -0.2) is 0 Å². The third-order valence-corrected chi connectivity index (χ3v) is 3.09. The highest BCUT2D eigenvalue weighted by molar-refractivity contribution is 5.80. The summed E-state index contributed by atoms with van der Waals surface area (Å²) in [5, 5.41) is 16.7. The number of hydrogen-bond donors (Lipinski definition) is 2. The lowest BCUT2D eigenvalue weighted by Crippen LogP contribution is -2.29. The Morgan fingerprint density at radius 3 is 2.80 bits per heavy atom. The number of carbonyl (C=O) groups excluding carboxylic acids is 1. The summed E-state index contributed by atoms with van der Waals surface area (Å²) >= 11 is 0. The molecule has 0 saturated heterocycles. The second-order valence-electron chi connectivity index (χ2n) is 4.63. The number of anilines is 1. The maximum atomic E-state index is 11.4. The molecule has 1 fully saturated rings. The minimum absolute atomic E-state index is 0.0145. The maximum absolute atomic E-state index is 11.4. The molecule has 1 aromatic rings. The first kappa shape index (κ1) is 14.1. The molecule has 0 unspecified atom stereocenters. The molecule has 0 radical (unpaired) electrons. The van der Waals surface area contributed by atoms with E-state index in [-0.39, 0.29) is 17.5 Å². The maximum Gasteiger partial charge on any atom is 0.292 e. The Hall–Kier alpha value is -2.31. The van der Waals surface area contributed by atoms with Crippen LogP contribution in [0.4, 0.5) is 11.4 Å². The summed E-state index contributed by atoms with van der Waals surface area (Å²) in [6.07, 6.45) is 1.92. The average molecular weight is 279 g/mol. The van der Waals surface area contributed by atoms with Crippen molar-refractivity contribution >= 4 is 17.3 Å². The quantitative estimate of drug-likeness (QED) is 0.448. The van der Waals surface area contributed by atoms with E-state index in [1.165, 1.54) is 19.2 Å². The number of nitrogens with zero attached hydrogens (tertiary/aromatic N) is 1. The molecule has 0 spiro atoms. The van der Waals surface area contributed by atoms with E-state index < -0.39 is 4.92 Å². The summed E-state index contributed by atoms with van der Waals surface area (Å²) in [5.41, 5.74) is 0.370. The van der Waals surface area contributed by atoms with Crippen molar-refractivity contribution in [2.24, 2.45) is 5.92 Å². The van der Waals surface area contributed by atoms with Crippen LogP contribution < -0.4 is 15.4 Å². The van der Waals surface area contributed by atoms with E-state index in [2.05, 4.69) is 10.6 Å². The minimum atomic E-state index is -0.454. The molecule has 2 N–H and O–H groups in total. The highest BCUT2D eigenvalue weighted by Gasteiger charge is 2.29. The number of nitrogens with one attached hydrogen (secondary N) is 2. The smallest absolute Gasteiger partial charge is 0.292 e. The van der Waals surface area contributed by atoms with E-state index in [0.717, 1.165) is 12.8 Å². The molecular weight excluding hydrogens is 262 g/mol. The number of hydrogen-bond acceptors (Lipinski definition) is 5. The zero-order chi connectivity index (χ0) is 14.5. The summed E-state index contributed by atoms with van der Waals surface area (Å²) in [4.78, 5) is 21.9. The zero-order valence-corrected chi connectivity index (χ0v) is 11.2. The summed E-state index contributed by atoms with van der Waals surface area (Å²) in [5.74, 6) is 0.771. The van der Waals surface area contributed by atoms with Gasteiger partial charge in [0.25, 0.3) is 5.69 Å². The normalized spacial score (nSPS) is 13.7.